The maximum absolute atomic E-state index is 12.6. The summed E-state index contributed by atoms with van der Waals surface area (Å²) < 4.78 is 0. The third-order valence-electron chi connectivity index (χ3n) is 4.30. The highest BCUT2D eigenvalue weighted by molar-refractivity contribution is 6.20. The Morgan fingerprint density at radius 3 is 1.11 bits per heavy atom. The normalized spacial score (nSPS) is 9.89. The van der Waals surface area contributed by atoms with Crippen LogP contribution in [0.3, 0.4) is 0 Å². The van der Waals surface area contributed by atoms with Crippen molar-refractivity contribution in [1.82, 2.24) is 15.0 Å². The van der Waals surface area contributed by atoms with Crippen LogP contribution >= 0.6 is 0 Å². The average molecular weight is 532 g/mol. The highest BCUT2D eigenvalue weighted by Gasteiger charge is 2.32. The molecule has 0 aliphatic rings. The summed E-state index contributed by atoms with van der Waals surface area (Å²) >= 11 is 0. The minimum Gasteiger partial charge on any atom is -0.303 e. The molecule has 200 valence electrons. The van der Waals surface area contributed by atoms with Crippen molar-refractivity contribution in [3.63, 3.8) is 0 Å². The fourth-order valence-electron chi connectivity index (χ4n) is 2.74. The molecule has 38 heavy (non-hydrogen) atoms. The van der Waals surface area contributed by atoms with Crippen molar-refractivity contribution in [2.45, 2.75) is 38.5 Å². The molecule has 1 aromatic rings. The van der Waals surface area contributed by atoms with Gasteiger partial charge in [-0.25, -0.2) is 9.80 Å². The third kappa shape index (κ3) is 8.18. The molecule has 0 unspecified atom stereocenters. The van der Waals surface area contributed by atoms with Crippen LogP contribution in [-0.2, 0) is 52.7 Å². The molecule has 17 heteroatoms. The first-order valence-corrected chi connectivity index (χ1v) is 10.6. The summed E-state index contributed by atoms with van der Waals surface area (Å²) in [4.78, 5) is 141. The first-order valence-electron chi connectivity index (χ1n) is 10.6. The van der Waals surface area contributed by atoms with Gasteiger partial charge in [-0.05, 0) is 0 Å². The maximum Gasteiger partial charge on any atom is 0.245 e. The fraction of sp³-hybridized carbons (Fsp3) is 0.333. The predicted molar refractivity (Wildman–Crippen MR) is 121 cm³/mol. The van der Waals surface area contributed by atoms with Gasteiger partial charge in [-0.2, -0.15) is 15.0 Å². The van der Waals surface area contributed by atoms with Gasteiger partial charge in [-0.15, -0.1) is 0 Å². The van der Waals surface area contributed by atoms with E-state index in [9.17, 15) is 52.7 Å². The van der Waals surface area contributed by atoms with Crippen LogP contribution in [0.5, 0.6) is 0 Å². The number of anilines is 3. The second-order valence-electron chi connectivity index (χ2n) is 6.84. The van der Waals surface area contributed by atoms with E-state index in [1.807, 2.05) is 0 Å². The molecule has 0 spiro atoms. The second kappa shape index (κ2) is 15.7. The number of rotatable bonds is 16. The Balaban J connectivity index is 4.04. The van der Waals surface area contributed by atoms with Crippen molar-refractivity contribution in [2.24, 2.45) is 0 Å². The second-order valence-corrected chi connectivity index (χ2v) is 6.84. The van der Waals surface area contributed by atoms with Crippen LogP contribution < -0.4 is 14.7 Å². The van der Waals surface area contributed by atoms with Gasteiger partial charge in [0.1, 0.15) is 37.7 Å². The summed E-state index contributed by atoms with van der Waals surface area (Å²) in [7, 11) is 0. The van der Waals surface area contributed by atoms with Gasteiger partial charge in [0.2, 0.25) is 47.4 Å². The van der Waals surface area contributed by atoms with Gasteiger partial charge in [-0.3, -0.25) is 28.9 Å². The lowest BCUT2D eigenvalue weighted by atomic mass is 10.3. The van der Waals surface area contributed by atoms with Crippen molar-refractivity contribution in [3.05, 3.63) is 0 Å². The smallest absolute Gasteiger partial charge is 0.245 e. The molecular formula is C21H20N6O11. The minimum atomic E-state index is -1.25. The van der Waals surface area contributed by atoms with E-state index in [-0.39, 0.29) is 47.7 Å². The Kier molecular flexibility index (Phi) is 12.7. The van der Waals surface area contributed by atoms with Gasteiger partial charge in [0.05, 0.1) is 32.1 Å². The van der Waals surface area contributed by atoms with Crippen molar-refractivity contribution in [3.8, 4) is 0 Å². The van der Waals surface area contributed by atoms with Crippen molar-refractivity contribution in [2.75, 3.05) is 21.2 Å². The van der Waals surface area contributed by atoms with Gasteiger partial charge in [0, 0.05) is 13.0 Å². The number of hydrogen-bond acceptors (Lipinski definition) is 14. The Labute approximate surface area is 213 Å². The molecule has 0 saturated carbocycles. The summed E-state index contributed by atoms with van der Waals surface area (Å²) in [6, 6.07) is 0. The molecule has 0 atom stereocenters. The number of hydrogen-bond donors (Lipinski definition) is 0. The number of aromatic nitrogens is 3. The standard InChI is InChI=1S/C21H20N6O11/c28-8-1-7-25(14(34)2-9-29)19-22-20(26(15(35)3-10-30)16(36)4-11-31)24-21(23-19)27(17(37)5-12-32)18(38)6-13-33/h8-13H,1-7H2. The summed E-state index contributed by atoms with van der Waals surface area (Å²) in [6.07, 6.45) is -3.62. The predicted octanol–water partition coefficient (Wildman–Crippen LogP) is -2.54. The van der Waals surface area contributed by atoms with E-state index in [1.165, 1.54) is 0 Å². The van der Waals surface area contributed by atoms with E-state index >= 15 is 0 Å². The van der Waals surface area contributed by atoms with Gasteiger partial charge in [0.15, 0.2) is 0 Å². The van der Waals surface area contributed by atoms with E-state index in [4.69, 9.17) is 0 Å². The molecule has 0 aliphatic heterocycles. The SMILES string of the molecule is O=CCCN(C(=O)CC=O)c1nc(N(C(=O)CC=O)C(=O)CC=O)nc(N(C(=O)CC=O)C(=O)CC=O)n1. The Bertz CT molecular complexity index is 1040. The topological polar surface area (TPSA) is 236 Å². The van der Waals surface area contributed by atoms with Crippen LogP contribution in [-0.4, -0.2) is 88.7 Å². The molecule has 0 aromatic carbocycles. The van der Waals surface area contributed by atoms with Crippen molar-refractivity contribution < 1.29 is 52.7 Å². The molecule has 17 nitrogen and oxygen atoms in total. The number of carbonyl (C=O) groups is 11. The van der Waals surface area contributed by atoms with E-state index in [2.05, 4.69) is 15.0 Å². The molecule has 0 bridgehead atoms. The van der Waals surface area contributed by atoms with Gasteiger partial charge in [0.25, 0.3) is 0 Å². The number of amides is 5. The molecule has 1 aromatic heterocycles. The lowest BCUT2D eigenvalue weighted by Crippen LogP contribution is -2.42. The number of aldehydes is 6. The highest BCUT2D eigenvalue weighted by Crippen LogP contribution is 2.22. The van der Waals surface area contributed by atoms with Crippen LogP contribution in [0.1, 0.15) is 38.5 Å². The summed E-state index contributed by atoms with van der Waals surface area (Å²) in [5.74, 6) is -8.67. The molecule has 0 saturated heterocycles. The molecule has 0 fully saturated rings. The zero-order valence-corrected chi connectivity index (χ0v) is 19.6. The van der Waals surface area contributed by atoms with Crippen molar-refractivity contribution in [1.29, 1.82) is 0 Å². The lowest BCUT2D eigenvalue weighted by Gasteiger charge is -2.25. The van der Waals surface area contributed by atoms with Crippen LogP contribution in [0.15, 0.2) is 0 Å². The molecule has 0 aliphatic carbocycles. The largest absolute Gasteiger partial charge is 0.303 e. The molecule has 5 amide bonds. The zero-order valence-electron chi connectivity index (χ0n) is 19.6. The van der Waals surface area contributed by atoms with E-state index in [0.29, 0.717) is 11.2 Å². The molecule has 1 rings (SSSR count). The Hall–Kier alpha value is -5.22. The fourth-order valence-corrected chi connectivity index (χ4v) is 2.74. The summed E-state index contributed by atoms with van der Waals surface area (Å²) in [5, 5.41) is 0. The summed E-state index contributed by atoms with van der Waals surface area (Å²) in [5.41, 5.74) is 0. The Morgan fingerprint density at radius 1 is 0.474 bits per heavy atom. The van der Waals surface area contributed by atoms with Gasteiger partial charge in [-0.1, -0.05) is 0 Å². The van der Waals surface area contributed by atoms with Gasteiger partial charge >= 0.3 is 0 Å². The van der Waals surface area contributed by atoms with Gasteiger partial charge < -0.3 is 28.8 Å². The van der Waals surface area contributed by atoms with Crippen LogP contribution in [0, 0.1) is 0 Å². The number of nitrogens with zero attached hydrogens (tertiary/aromatic N) is 6. The first kappa shape index (κ1) is 30.8. The maximum atomic E-state index is 12.6. The average Bonchev–Trinajstić information content (AvgIpc) is 2.85. The van der Waals surface area contributed by atoms with Crippen LogP contribution in [0.25, 0.3) is 0 Å². The molecular weight excluding hydrogens is 512 g/mol. The highest BCUT2D eigenvalue weighted by atomic mass is 16.2. The van der Waals surface area contributed by atoms with E-state index in [0.717, 1.165) is 0 Å². The summed E-state index contributed by atoms with van der Waals surface area (Å²) in [6.45, 7) is -0.450. The Morgan fingerprint density at radius 2 is 0.789 bits per heavy atom. The molecule has 0 radical (unpaired) electrons. The molecule has 0 N–H and O–H groups in total. The third-order valence-corrected chi connectivity index (χ3v) is 4.30. The van der Waals surface area contributed by atoms with E-state index in [1.54, 1.807) is 0 Å². The van der Waals surface area contributed by atoms with Crippen LogP contribution in [0.2, 0.25) is 0 Å². The minimum absolute atomic E-state index is 0.115. The quantitative estimate of drug-likeness (QED) is 0.157. The first-order chi connectivity index (χ1) is 18.2. The monoisotopic (exact) mass is 532 g/mol. The lowest BCUT2D eigenvalue weighted by molar-refractivity contribution is -0.130. The van der Waals surface area contributed by atoms with E-state index < -0.39 is 86.0 Å². The molecule has 1 heterocycles. The number of imide groups is 2. The number of carbonyl (C=O) groups excluding carboxylic acids is 11. The van der Waals surface area contributed by atoms with Crippen molar-refractivity contribution >= 4 is 85.1 Å². The zero-order chi connectivity index (χ0) is 28.7. The van der Waals surface area contributed by atoms with Crippen LogP contribution in [0.4, 0.5) is 17.8 Å².